The van der Waals surface area contributed by atoms with Crippen molar-refractivity contribution in [2.45, 2.75) is 32.2 Å². The third-order valence-electron chi connectivity index (χ3n) is 4.28. The molecular weight excluding hydrogens is 282 g/mol. The standard InChI is InChI=1S/C17H23NO4/c1-12(14-7-9-22-10-8-14)16(19)18-15(17(20)21)11-13-5-3-2-4-6-13/h2-6,12,14-15H,7-11H2,1H3,(H,18,19)(H,20,21). The van der Waals surface area contributed by atoms with Gasteiger partial charge in [-0.05, 0) is 24.3 Å². The Morgan fingerprint density at radius 3 is 2.50 bits per heavy atom. The van der Waals surface area contributed by atoms with Crippen LogP contribution in [0.5, 0.6) is 0 Å². The van der Waals surface area contributed by atoms with Crippen molar-refractivity contribution in [1.82, 2.24) is 5.32 Å². The van der Waals surface area contributed by atoms with Gasteiger partial charge in [-0.3, -0.25) is 4.79 Å². The van der Waals surface area contributed by atoms with Crippen LogP contribution in [0.2, 0.25) is 0 Å². The van der Waals surface area contributed by atoms with Gasteiger partial charge in [0.25, 0.3) is 0 Å². The van der Waals surface area contributed by atoms with Crippen molar-refractivity contribution in [3.63, 3.8) is 0 Å². The first-order valence-electron chi connectivity index (χ1n) is 7.72. The van der Waals surface area contributed by atoms with Crippen molar-refractivity contribution >= 4 is 11.9 Å². The summed E-state index contributed by atoms with van der Waals surface area (Å²) < 4.78 is 5.30. The van der Waals surface area contributed by atoms with E-state index >= 15 is 0 Å². The number of carboxylic acids is 1. The van der Waals surface area contributed by atoms with E-state index in [-0.39, 0.29) is 17.7 Å². The lowest BCUT2D eigenvalue weighted by Crippen LogP contribution is -2.46. The summed E-state index contributed by atoms with van der Waals surface area (Å²) in [6.07, 6.45) is 2.00. The summed E-state index contributed by atoms with van der Waals surface area (Å²) in [6, 6.07) is 8.44. The highest BCUT2D eigenvalue weighted by atomic mass is 16.5. The van der Waals surface area contributed by atoms with E-state index in [4.69, 9.17) is 4.74 Å². The number of amides is 1. The van der Waals surface area contributed by atoms with Crippen LogP contribution < -0.4 is 5.32 Å². The van der Waals surface area contributed by atoms with Gasteiger partial charge in [-0.2, -0.15) is 0 Å². The summed E-state index contributed by atoms with van der Waals surface area (Å²) in [6.45, 7) is 3.22. The molecule has 1 fully saturated rings. The van der Waals surface area contributed by atoms with Crippen LogP contribution >= 0.6 is 0 Å². The molecule has 1 aromatic rings. The zero-order valence-electron chi connectivity index (χ0n) is 12.8. The number of carbonyl (C=O) groups excluding carboxylic acids is 1. The molecule has 5 nitrogen and oxygen atoms in total. The minimum Gasteiger partial charge on any atom is -0.480 e. The maximum Gasteiger partial charge on any atom is 0.326 e. The van der Waals surface area contributed by atoms with Crippen molar-refractivity contribution in [2.24, 2.45) is 11.8 Å². The van der Waals surface area contributed by atoms with Crippen LogP contribution in [0.3, 0.4) is 0 Å². The Morgan fingerprint density at radius 2 is 1.91 bits per heavy atom. The Hall–Kier alpha value is -1.88. The molecule has 0 aromatic heterocycles. The van der Waals surface area contributed by atoms with Crippen LogP contribution in [0.4, 0.5) is 0 Å². The predicted molar refractivity (Wildman–Crippen MR) is 82.4 cm³/mol. The van der Waals surface area contributed by atoms with Gasteiger partial charge < -0.3 is 15.2 Å². The van der Waals surface area contributed by atoms with E-state index in [0.29, 0.717) is 19.6 Å². The van der Waals surface area contributed by atoms with E-state index in [9.17, 15) is 14.7 Å². The first kappa shape index (κ1) is 16.5. The smallest absolute Gasteiger partial charge is 0.326 e. The molecule has 0 radical (unpaired) electrons. The van der Waals surface area contributed by atoms with Gasteiger partial charge in [0.15, 0.2) is 0 Å². The number of aliphatic carboxylic acids is 1. The van der Waals surface area contributed by atoms with Gasteiger partial charge >= 0.3 is 5.97 Å². The summed E-state index contributed by atoms with van der Waals surface area (Å²) in [5, 5.41) is 12.0. The highest BCUT2D eigenvalue weighted by Gasteiger charge is 2.29. The molecule has 0 saturated carbocycles. The van der Waals surface area contributed by atoms with Crippen molar-refractivity contribution in [2.75, 3.05) is 13.2 Å². The fourth-order valence-corrected chi connectivity index (χ4v) is 2.78. The molecule has 2 rings (SSSR count). The van der Waals surface area contributed by atoms with Crippen LogP contribution in [-0.2, 0) is 20.7 Å². The molecule has 1 aliphatic heterocycles. The largest absolute Gasteiger partial charge is 0.480 e. The van der Waals surface area contributed by atoms with Crippen LogP contribution in [0.25, 0.3) is 0 Å². The molecule has 1 amide bonds. The molecule has 5 heteroatoms. The van der Waals surface area contributed by atoms with E-state index in [1.54, 1.807) is 0 Å². The molecule has 1 heterocycles. The topological polar surface area (TPSA) is 75.6 Å². The maximum absolute atomic E-state index is 12.3. The van der Waals surface area contributed by atoms with E-state index in [2.05, 4.69) is 5.32 Å². The van der Waals surface area contributed by atoms with Gasteiger partial charge in [0, 0.05) is 25.6 Å². The second kappa shape index (κ2) is 7.94. The lowest BCUT2D eigenvalue weighted by molar-refractivity contribution is -0.142. The number of rotatable bonds is 6. The number of benzene rings is 1. The second-order valence-corrected chi connectivity index (χ2v) is 5.83. The lowest BCUT2D eigenvalue weighted by atomic mass is 9.86. The summed E-state index contributed by atoms with van der Waals surface area (Å²) in [7, 11) is 0. The zero-order chi connectivity index (χ0) is 15.9. The molecule has 1 aromatic carbocycles. The average Bonchev–Trinajstić information content (AvgIpc) is 2.55. The molecule has 2 unspecified atom stereocenters. The monoisotopic (exact) mass is 305 g/mol. The van der Waals surface area contributed by atoms with Gasteiger partial charge in [0.1, 0.15) is 6.04 Å². The average molecular weight is 305 g/mol. The quantitative estimate of drug-likeness (QED) is 0.841. The Labute approximate surface area is 130 Å². The van der Waals surface area contributed by atoms with E-state index < -0.39 is 12.0 Å². The number of carboxylic acid groups (broad SMARTS) is 1. The molecule has 22 heavy (non-hydrogen) atoms. The maximum atomic E-state index is 12.3. The fraction of sp³-hybridized carbons (Fsp3) is 0.529. The van der Waals surface area contributed by atoms with Crippen LogP contribution in [-0.4, -0.2) is 36.2 Å². The number of carbonyl (C=O) groups is 2. The second-order valence-electron chi connectivity index (χ2n) is 5.83. The third-order valence-corrected chi connectivity index (χ3v) is 4.28. The minimum atomic E-state index is -1.00. The van der Waals surface area contributed by atoms with Gasteiger partial charge in [0.05, 0.1) is 0 Å². The van der Waals surface area contributed by atoms with Crippen LogP contribution in [0.1, 0.15) is 25.3 Å². The summed E-state index contributed by atoms with van der Waals surface area (Å²) in [5.41, 5.74) is 0.897. The van der Waals surface area contributed by atoms with E-state index in [1.807, 2.05) is 37.3 Å². The normalized spacial score (nSPS) is 18.4. The van der Waals surface area contributed by atoms with Gasteiger partial charge in [-0.25, -0.2) is 4.79 Å². The van der Waals surface area contributed by atoms with Crippen LogP contribution in [0.15, 0.2) is 30.3 Å². The number of hydrogen-bond acceptors (Lipinski definition) is 3. The number of nitrogens with one attached hydrogen (secondary N) is 1. The highest BCUT2D eigenvalue weighted by Crippen LogP contribution is 2.23. The zero-order valence-corrected chi connectivity index (χ0v) is 12.8. The first-order chi connectivity index (χ1) is 10.6. The minimum absolute atomic E-state index is 0.185. The molecule has 0 bridgehead atoms. The summed E-state index contributed by atoms with van der Waals surface area (Å²) >= 11 is 0. The van der Waals surface area contributed by atoms with Crippen molar-refractivity contribution in [3.8, 4) is 0 Å². The lowest BCUT2D eigenvalue weighted by Gasteiger charge is -2.28. The molecular formula is C17H23NO4. The summed E-state index contributed by atoms with van der Waals surface area (Å²) in [5.74, 6) is -1.12. The molecule has 120 valence electrons. The number of hydrogen-bond donors (Lipinski definition) is 2. The first-order valence-corrected chi connectivity index (χ1v) is 7.72. The molecule has 0 aliphatic carbocycles. The Bertz CT molecular complexity index is 497. The molecule has 2 N–H and O–H groups in total. The van der Waals surface area contributed by atoms with Crippen molar-refractivity contribution in [1.29, 1.82) is 0 Å². The Kier molecular flexibility index (Phi) is 5.95. The van der Waals surface area contributed by atoms with Crippen LogP contribution in [0, 0.1) is 11.8 Å². The van der Waals surface area contributed by atoms with Crippen molar-refractivity contribution in [3.05, 3.63) is 35.9 Å². The van der Waals surface area contributed by atoms with Gasteiger partial charge in [-0.15, -0.1) is 0 Å². The van der Waals surface area contributed by atoms with Crippen molar-refractivity contribution < 1.29 is 19.4 Å². The molecule has 0 spiro atoms. The molecule has 1 saturated heterocycles. The highest BCUT2D eigenvalue weighted by molar-refractivity contribution is 5.85. The SMILES string of the molecule is CC(C(=O)NC(Cc1ccccc1)C(=O)O)C1CCOCC1. The molecule has 1 aliphatic rings. The van der Waals surface area contributed by atoms with Gasteiger partial charge in [0.2, 0.25) is 5.91 Å². The molecule has 2 atom stereocenters. The fourth-order valence-electron chi connectivity index (χ4n) is 2.78. The van der Waals surface area contributed by atoms with E-state index in [0.717, 1.165) is 18.4 Å². The predicted octanol–water partition coefficient (Wildman–Crippen LogP) is 1.86. The van der Waals surface area contributed by atoms with Gasteiger partial charge in [-0.1, -0.05) is 37.3 Å². The number of ether oxygens (including phenoxy) is 1. The summed E-state index contributed by atoms with van der Waals surface area (Å²) in [4.78, 5) is 23.7. The van der Waals surface area contributed by atoms with E-state index in [1.165, 1.54) is 0 Å². The Balaban J connectivity index is 1.95. The third kappa shape index (κ3) is 4.56. The Morgan fingerprint density at radius 1 is 1.27 bits per heavy atom.